The first kappa shape index (κ1) is 26.3. The average molecular weight is 506 g/mol. The number of methoxy groups -OCH3 is 1. The summed E-state index contributed by atoms with van der Waals surface area (Å²) in [6, 6.07) is 8.10. The number of nitrogens with zero attached hydrogens (tertiary/aromatic N) is 1. The van der Waals surface area contributed by atoms with Gasteiger partial charge in [0.25, 0.3) is 0 Å². The molecule has 1 rings (SSSR count). The number of hydrogen-bond donors (Lipinski definition) is 3. The van der Waals surface area contributed by atoms with Crippen molar-refractivity contribution >= 4 is 36.0 Å². The third-order valence-corrected chi connectivity index (χ3v) is 3.48. The van der Waals surface area contributed by atoms with Crippen molar-refractivity contribution in [2.45, 2.75) is 46.1 Å². The smallest absolute Gasteiger partial charge is 0.407 e. The second-order valence-electron chi connectivity index (χ2n) is 7.07. The van der Waals surface area contributed by atoms with Gasteiger partial charge < -0.3 is 25.4 Å². The van der Waals surface area contributed by atoms with E-state index in [0.29, 0.717) is 13.1 Å². The summed E-state index contributed by atoms with van der Waals surface area (Å²) in [6.45, 7) is 10.1. The van der Waals surface area contributed by atoms with Crippen LogP contribution >= 0.6 is 24.0 Å². The summed E-state index contributed by atoms with van der Waals surface area (Å²) in [6.07, 6.45) is 1.51. The standard InChI is InChI=1S/C20H34N4O3.HI/c1-6-21-18(23-14-15-24-19(25)27-20(2,3)4)22-13-7-8-16-9-11-17(26-5)12-10-16;/h9-12H,6-8,13-15H2,1-5H3,(H,24,25)(H2,21,22,23);1H. The number of aliphatic imine (C=N–C) groups is 1. The minimum absolute atomic E-state index is 0. The fourth-order valence-electron chi connectivity index (χ4n) is 2.27. The highest BCUT2D eigenvalue weighted by molar-refractivity contribution is 14.0. The third kappa shape index (κ3) is 12.6. The number of carbonyl (C=O) groups excluding carboxylic acids is 1. The van der Waals surface area contributed by atoms with E-state index in [1.54, 1.807) is 7.11 Å². The lowest BCUT2D eigenvalue weighted by molar-refractivity contribution is 0.0529. The number of guanidine groups is 1. The van der Waals surface area contributed by atoms with Gasteiger partial charge >= 0.3 is 6.09 Å². The van der Waals surface area contributed by atoms with Gasteiger partial charge in [0.2, 0.25) is 0 Å². The van der Waals surface area contributed by atoms with Crippen LogP contribution in [-0.2, 0) is 11.2 Å². The number of alkyl carbamates (subject to hydrolysis) is 1. The molecule has 0 fully saturated rings. The van der Waals surface area contributed by atoms with Crippen molar-refractivity contribution < 1.29 is 14.3 Å². The monoisotopic (exact) mass is 506 g/mol. The van der Waals surface area contributed by atoms with Gasteiger partial charge in [0.1, 0.15) is 11.4 Å². The molecule has 0 bridgehead atoms. The predicted octanol–water partition coefficient (Wildman–Crippen LogP) is 3.33. The molecule has 0 atom stereocenters. The SMILES string of the molecule is CCNC(=NCCCc1ccc(OC)cc1)NCCNC(=O)OC(C)(C)C.I. The van der Waals surface area contributed by atoms with Crippen molar-refractivity contribution in [2.24, 2.45) is 4.99 Å². The van der Waals surface area contributed by atoms with E-state index in [1.807, 2.05) is 39.8 Å². The number of aryl methyl sites for hydroxylation is 1. The number of ether oxygens (including phenoxy) is 2. The summed E-state index contributed by atoms with van der Waals surface area (Å²) in [5, 5.41) is 9.12. The summed E-state index contributed by atoms with van der Waals surface area (Å²) >= 11 is 0. The van der Waals surface area contributed by atoms with Crippen LogP contribution in [0, 0.1) is 0 Å². The molecule has 0 aliphatic heterocycles. The summed E-state index contributed by atoms with van der Waals surface area (Å²) in [4.78, 5) is 16.2. The van der Waals surface area contributed by atoms with Crippen LogP contribution in [-0.4, -0.2) is 50.9 Å². The summed E-state index contributed by atoms with van der Waals surface area (Å²) < 4.78 is 10.4. The number of halogens is 1. The molecule has 0 spiro atoms. The summed E-state index contributed by atoms with van der Waals surface area (Å²) in [5.74, 6) is 1.62. The van der Waals surface area contributed by atoms with Crippen LogP contribution in [0.15, 0.2) is 29.3 Å². The van der Waals surface area contributed by atoms with Crippen LogP contribution in [0.25, 0.3) is 0 Å². The lowest BCUT2D eigenvalue weighted by Crippen LogP contribution is -2.42. The van der Waals surface area contributed by atoms with E-state index in [0.717, 1.165) is 37.6 Å². The lowest BCUT2D eigenvalue weighted by Gasteiger charge is -2.19. The molecule has 3 N–H and O–H groups in total. The molecule has 0 heterocycles. The maximum Gasteiger partial charge on any atom is 0.407 e. The Morgan fingerprint density at radius 2 is 1.71 bits per heavy atom. The Balaban J connectivity index is 0.00000729. The van der Waals surface area contributed by atoms with Crippen LogP contribution in [0.4, 0.5) is 4.79 Å². The zero-order valence-electron chi connectivity index (χ0n) is 17.6. The number of hydrogen-bond acceptors (Lipinski definition) is 4. The van der Waals surface area contributed by atoms with Crippen molar-refractivity contribution in [3.8, 4) is 5.75 Å². The van der Waals surface area contributed by atoms with E-state index in [4.69, 9.17) is 9.47 Å². The van der Waals surface area contributed by atoms with Gasteiger partial charge in [0, 0.05) is 26.2 Å². The first-order chi connectivity index (χ1) is 12.8. The average Bonchev–Trinajstić information content (AvgIpc) is 2.61. The van der Waals surface area contributed by atoms with Crippen molar-refractivity contribution in [3.63, 3.8) is 0 Å². The molecule has 0 saturated heterocycles. The number of rotatable bonds is 9. The Bertz CT molecular complexity index is 586. The van der Waals surface area contributed by atoms with Gasteiger partial charge in [0.15, 0.2) is 5.96 Å². The highest BCUT2D eigenvalue weighted by Crippen LogP contribution is 2.12. The molecule has 28 heavy (non-hydrogen) atoms. The highest BCUT2D eigenvalue weighted by Gasteiger charge is 2.15. The molecule has 160 valence electrons. The van der Waals surface area contributed by atoms with E-state index < -0.39 is 11.7 Å². The summed E-state index contributed by atoms with van der Waals surface area (Å²) in [7, 11) is 1.67. The Labute approximate surface area is 186 Å². The van der Waals surface area contributed by atoms with Gasteiger partial charge in [-0.25, -0.2) is 4.79 Å². The summed E-state index contributed by atoms with van der Waals surface area (Å²) in [5.41, 5.74) is 0.781. The third-order valence-electron chi connectivity index (χ3n) is 3.48. The molecule has 0 aliphatic rings. The van der Waals surface area contributed by atoms with Gasteiger partial charge in [-0.05, 0) is 58.2 Å². The molecular weight excluding hydrogens is 471 g/mol. The van der Waals surface area contributed by atoms with Crippen LogP contribution < -0.4 is 20.7 Å². The predicted molar refractivity (Wildman–Crippen MR) is 125 cm³/mol. The molecule has 0 aliphatic carbocycles. The fourth-order valence-corrected chi connectivity index (χ4v) is 2.27. The molecular formula is C20H35IN4O3. The van der Waals surface area contributed by atoms with Crippen molar-refractivity contribution in [1.29, 1.82) is 0 Å². The van der Waals surface area contributed by atoms with E-state index in [-0.39, 0.29) is 24.0 Å². The van der Waals surface area contributed by atoms with Crippen molar-refractivity contribution in [1.82, 2.24) is 16.0 Å². The number of amides is 1. The zero-order valence-corrected chi connectivity index (χ0v) is 20.0. The first-order valence-electron chi connectivity index (χ1n) is 9.46. The highest BCUT2D eigenvalue weighted by atomic mass is 127. The fraction of sp³-hybridized carbons (Fsp3) is 0.600. The number of benzene rings is 1. The molecule has 1 aromatic carbocycles. The van der Waals surface area contributed by atoms with Crippen LogP contribution in [0.3, 0.4) is 0 Å². The maximum atomic E-state index is 11.6. The van der Waals surface area contributed by atoms with Crippen LogP contribution in [0.5, 0.6) is 5.75 Å². The van der Waals surface area contributed by atoms with E-state index >= 15 is 0 Å². The van der Waals surface area contributed by atoms with Crippen LogP contribution in [0.2, 0.25) is 0 Å². The van der Waals surface area contributed by atoms with Crippen molar-refractivity contribution in [3.05, 3.63) is 29.8 Å². The van der Waals surface area contributed by atoms with Gasteiger partial charge in [-0.3, -0.25) is 4.99 Å². The van der Waals surface area contributed by atoms with E-state index in [1.165, 1.54) is 5.56 Å². The van der Waals surface area contributed by atoms with Gasteiger partial charge in [-0.2, -0.15) is 0 Å². The largest absolute Gasteiger partial charge is 0.497 e. The Morgan fingerprint density at radius 1 is 1.07 bits per heavy atom. The minimum atomic E-state index is -0.488. The van der Waals surface area contributed by atoms with E-state index in [9.17, 15) is 4.79 Å². The molecule has 1 amide bonds. The normalized spacial score (nSPS) is 11.2. The molecule has 0 unspecified atom stereocenters. The second kappa shape index (κ2) is 14.3. The van der Waals surface area contributed by atoms with Gasteiger partial charge in [0.05, 0.1) is 7.11 Å². The topological polar surface area (TPSA) is 84.0 Å². The molecule has 7 nitrogen and oxygen atoms in total. The quantitative estimate of drug-likeness (QED) is 0.207. The number of nitrogens with one attached hydrogen (secondary N) is 3. The Kier molecular flexibility index (Phi) is 13.4. The Hall–Kier alpha value is -1.71. The lowest BCUT2D eigenvalue weighted by atomic mass is 10.1. The molecule has 1 aromatic rings. The van der Waals surface area contributed by atoms with Gasteiger partial charge in [-0.1, -0.05) is 12.1 Å². The van der Waals surface area contributed by atoms with Gasteiger partial charge in [-0.15, -0.1) is 24.0 Å². The Morgan fingerprint density at radius 3 is 2.29 bits per heavy atom. The molecule has 8 heteroatoms. The van der Waals surface area contributed by atoms with Crippen molar-refractivity contribution in [2.75, 3.05) is 33.3 Å². The molecule has 0 aromatic heterocycles. The second-order valence-corrected chi connectivity index (χ2v) is 7.07. The molecule has 0 saturated carbocycles. The van der Waals surface area contributed by atoms with Crippen LogP contribution in [0.1, 0.15) is 39.7 Å². The first-order valence-corrected chi connectivity index (χ1v) is 9.46. The number of carbonyl (C=O) groups is 1. The van der Waals surface area contributed by atoms with E-state index in [2.05, 4.69) is 33.1 Å². The molecule has 0 radical (unpaired) electrons. The minimum Gasteiger partial charge on any atom is -0.497 e. The zero-order chi connectivity index (χ0) is 20.1. The maximum absolute atomic E-state index is 11.6.